The summed E-state index contributed by atoms with van der Waals surface area (Å²) in [5, 5.41) is 8.12. The first kappa shape index (κ1) is 16.9. The Morgan fingerprint density at radius 3 is 2.84 bits per heavy atom. The Morgan fingerprint density at radius 1 is 1.32 bits per heavy atom. The van der Waals surface area contributed by atoms with Crippen LogP contribution in [-0.2, 0) is 23.9 Å². The first-order valence-corrected chi connectivity index (χ1v) is 8.60. The monoisotopic (exact) mass is 364 g/mol. The van der Waals surface area contributed by atoms with Crippen LogP contribution in [0.2, 0.25) is 0 Å². The first-order chi connectivity index (χ1) is 11.9. The van der Waals surface area contributed by atoms with E-state index < -0.39 is 10.3 Å². The Kier molecular flexibility index (Phi) is 4.42. The highest BCUT2D eigenvalue weighted by Crippen LogP contribution is 2.25. The number of methoxy groups -OCH3 is 1. The maximum atomic E-state index is 10.9. The molecule has 0 radical (unpaired) electrons. The molecule has 25 heavy (non-hydrogen) atoms. The number of nitrogens with zero attached hydrogens (tertiary/aromatic N) is 4. The van der Waals surface area contributed by atoms with E-state index in [1.54, 1.807) is 24.0 Å². The van der Waals surface area contributed by atoms with Crippen LogP contribution in [0.15, 0.2) is 30.7 Å². The summed E-state index contributed by atoms with van der Waals surface area (Å²) in [6.45, 7) is 0.385. The number of anilines is 2. The lowest BCUT2D eigenvalue weighted by atomic mass is 10.2. The summed E-state index contributed by atoms with van der Waals surface area (Å²) in [4.78, 5) is 8.39. The van der Waals surface area contributed by atoms with Crippen molar-refractivity contribution >= 4 is 32.8 Å². The van der Waals surface area contributed by atoms with E-state index in [1.807, 2.05) is 4.72 Å². The fourth-order valence-corrected chi connectivity index (χ4v) is 2.81. The molecule has 1 aromatic carbocycles. The van der Waals surface area contributed by atoms with E-state index in [9.17, 15) is 8.42 Å². The summed E-state index contributed by atoms with van der Waals surface area (Å²) in [5.41, 5.74) is 1.68. The zero-order valence-electron chi connectivity index (χ0n) is 13.5. The first-order valence-electron chi connectivity index (χ1n) is 7.16. The minimum atomic E-state index is -4.34. The summed E-state index contributed by atoms with van der Waals surface area (Å²) in [5.74, 6) is 1.08. The van der Waals surface area contributed by atoms with Gasteiger partial charge in [-0.25, -0.2) is 9.97 Å². The van der Waals surface area contributed by atoms with Crippen molar-refractivity contribution < 1.29 is 17.7 Å². The number of hydrogen-bond acceptors (Lipinski definition) is 7. The maximum absolute atomic E-state index is 10.9. The quantitative estimate of drug-likeness (QED) is 0.556. The second-order valence-electron chi connectivity index (χ2n) is 5.19. The van der Waals surface area contributed by atoms with Crippen molar-refractivity contribution in [2.24, 2.45) is 7.05 Å². The summed E-state index contributed by atoms with van der Waals surface area (Å²) >= 11 is 0. The molecule has 0 unspecified atom stereocenters. The molecule has 2 aromatic heterocycles. The van der Waals surface area contributed by atoms with Gasteiger partial charge in [0, 0.05) is 25.2 Å². The van der Waals surface area contributed by atoms with E-state index in [-0.39, 0.29) is 5.69 Å². The van der Waals surface area contributed by atoms with Crippen LogP contribution in [0, 0.1) is 0 Å². The second-order valence-corrected chi connectivity index (χ2v) is 6.34. The van der Waals surface area contributed by atoms with Crippen LogP contribution in [0.3, 0.4) is 0 Å². The van der Waals surface area contributed by atoms with E-state index in [4.69, 9.17) is 9.29 Å². The minimum Gasteiger partial charge on any atom is -0.496 e. The van der Waals surface area contributed by atoms with E-state index >= 15 is 0 Å². The Balaban J connectivity index is 1.82. The average molecular weight is 364 g/mol. The van der Waals surface area contributed by atoms with Gasteiger partial charge in [0.25, 0.3) is 0 Å². The fourth-order valence-electron chi connectivity index (χ4n) is 2.38. The number of nitrogens with one attached hydrogen (secondary N) is 2. The van der Waals surface area contributed by atoms with Crippen molar-refractivity contribution in [3.05, 3.63) is 36.3 Å². The van der Waals surface area contributed by atoms with Crippen LogP contribution in [0.1, 0.15) is 5.56 Å². The number of benzene rings is 1. The molecule has 0 spiro atoms. The van der Waals surface area contributed by atoms with Crippen LogP contribution in [0.4, 0.5) is 11.5 Å². The molecule has 0 aliphatic heterocycles. The molecule has 0 amide bonds. The highest BCUT2D eigenvalue weighted by atomic mass is 32.2. The van der Waals surface area contributed by atoms with Crippen molar-refractivity contribution in [2.75, 3.05) is 17.1 Å². The molecule has 0 fully saturated rings. The van der Waals surface area contributed by atoms with Crippen molar-refractivity contribution in [1.82, 2.24) is 19.7 Å². The molecule has 0 bridgehead atoms. The van der Waals surface area contributed by atoms with E-state index in [2.05, 4.69) is 20.4 Å². The molecule has 3 N–H and O–H groups in total. The number of aromatic nitrogens is 4. The Bertz CT molecular complexity index is 1020. The van der Waals surface area contributed by atoms with Gasteiger partial charge < -0.3 is 10.1 Å². The zero-order chi connectivity index (χ0) is 18.0. The number of aryl methyl sites for hydroxylation is 1. The normalized spacial score (nSPS) is 11.5. The molecule has 0 aliphatic carbocycles. The van der Waals surface area contributed by atoms with Gasteiger partial charge in [-0.2, -0.15) is 13.5 Å². The average Bonchev–Trinajstić information content (AvgIpc) is 2.94. The van der Waals surface area contributed by atoms with E-state index in [0.717, 1.165) is 10.9 Å². The third kappa shape index (κ3) is 3.78. The number of fused-ring (bicyclic) bond motifs is 1. The van der Waals surface area contributed by atoms with Gasteiger partial charge in [-0.1, -0.05) is 6.07 Å². The van der Waals surface area contributed by atoms with Crippen LogP contribution in [-0.4, -0.2) is 39.8 Å². The fraction of sp³-hybridized carbons (Fsp3) is 0.214. The lowest BCUT2D eigenvalue weighted by Gasteiger charge is -2.12. The van der Waals surface area contributed by atoms with Gasteiger partial charge >= 0.3 is 10.3 Å². The summed E-state index contributed by atoms with van der Waals surface area (Å²) in [6, 6.07) is 4.68. The molecule has 0 atom stereocenters. The lowest BCUT2D eigenvalue weighted by Crippen LogP contribution is -2.11. The Labute approximate surface area is 143 Å². The number of rotatable bonds is 6. The van der Waals surface area contributed by atoms with Gasteiger partial charge in [-0.15, -0.1) is 0 Å². The second kappa shape index (κ2) is 6.53. The summed E-state index contributed by atoms with van der Waals surface area (Å²) < 4.78 is 39.5. The molecule has 2 heterocycles. The van der Waals surface area contributed by atoms with Crippen molar-refractivity contribution in [2.45, 2.75) is 6.54 Å². The van der Waals surface area contributed by atoms with Crippen LogP contribution >= 0.6 is 0 Å². The summed E-state index contributed by atoms with van der Waals surface area (Å²) in [6.07, 6.45) is 3.12. The highest BCUT2D eigenvalue weighted by molar-refractivity contribution is 7.87. The zero-order valence-corrected chi connectivity index (χ0v) is 14.3. The molecule has 3 rings (SSSR count). The van der Waals surface area contributed by atoms with Crippen molar-refractivity contribution in [1.29, 1.82) is 0 Å². The van der Waals surface area contributed by atoms with Gasteiger partial charge in [-0.3, -0.25) is 14.0 Å². The molecule has 0 aliphatic rings. The van der Waals surface area contributed by atoms with Crippen LogP contribution in [0.5, 0.6) is 5.75 Å². The largest absolute Gasteiger partial charge is 0.496 e. The van der Waals surface area contributed by atoms with Gasteiger partial charge in [0.05, 0.1) is 24.4 Å². The highest BCUT2D eigenvalue weighted by Gasteiger charge is 2.11. The lowest BCUT2D eigenvalue weighted by molar-refractivity contribution is 0.410. The van der Waals surface area contributed by atoms with Crippen molar-refractivity contribution in [3.8, 4) is 5.75 Å². The molecule has 0 saturated carbocycles. The molecule has 11 heteroatoms. The Hall–Kier alpha value is -2.92. The predicted octanol–water partition coefficient (Wildman–Crippen LogP) is 1.20. The van der Waals surface area contributed by atoms with Gasteiger partial charge in [-0.05, 0) is 6.07 Å². The smallest absolute Gasteiger partial charge is 0.357 e. The molecule has 132 valence electrons. The number of ether oxygens (including phenoxy) is 1. The van der Waals surface area contributed by atoms with E-state index in [1.165, 1.54) is 25.6 Å². The topological polar surface area (TPSA) is 131 Å². The maximum Gasteiger partial charge on any atom is 0.357 e. The third-order valence-electron chi connectivity index (χ3n) is 3.51. The van der Waals surface area contributed by atoms with Crippen molar-refractivity contribution in [3.63, 3.8) is 0 Å². The predicted molar refractivity (Wildman–Crippen MR) is 91.8 cm³/mol. The standard InChI is InChI=1S/C14H16N6O4S/c1-20-14-11(7-18-20)13(16-8-17-14)15-6-9-3-4-10(5-12(9)24-2)19-25(21,22)23/h3-5,7-8,19H,6H2,1-2H3,(H,15,16,17)(H,21,22,23). The van der Waals surface area contributed by atoms with Gasteiger partial charge in [0.1, 0.15) is 17.9 Å². The third-order valence-corrected chi connectivity index (χ3v) is 4.00. The van der Waals surface area contributed by atoms with Crippen LogP contribution < -0.4 is 14.8 Å². The van der Waals surface area contributed by atoms with Gasteiger partial charge in [0.2, 0.25) is 0 Å². The number of hydrogen-bond donors (Lipinski definition) is 3. The molecule has 0 saturated heterocycles. The molecule has 3 aromatic rings. The van der Waals surface area contributed by atoms with Crippen LogP contribution in [0.25, 0.3) is 11.0 Å². The summed E-state index contributed by atoms with van der Waals surface area (Å²) in [7, 11) is -1.07. The molecule has 10 nitrogen and oxygen atoms in total. The molecular formula is C14H16N6O4S. The Morgan fingerprint density at radius 2 is 2.12 bits per heavy atom. The SMILES string of the molecule is COc1cc(NS(=O)(=O)O)ccc1CNc1ncnc2c1cnn2C. The molecular weight excluding hydrogens is 348 g/mol. The van der Waals surface area contributed by atoms with Gasteiger partial charge in [0.15, 0.2) is 5.65 Å². The van der Waals surface area contributed by atoms with E-state index in [0.29, 0.717) is 23.8 Å². The minimum absolute atomic E-state index is 0.194.